The minimum absolute atomic E-state index is 0.150. The van der Waals surface area contributed by atoms with Crippen LogP contribution in [-0.4, -0.2) is 26.4 Å². The number of carbonyl (C=O) groups excluding carboxylic acids is 1. The molecular formula is C16H13BrClN5OS. The number of rotatable bonds is 5. The standard InChI is InChI=1S/C16H13BrClN5OS/c17-10-6-7-13(12(18)8-10)20-14(24)9-25-16-22-21-15(19)23(16)11-4-2-1-3-5-11/h1-8H,9H2,(H2,19,21)(H,20,24). The van der Waals surface area contributed by atoms with Gasteiger partial charge in [0, 0.05) is 4.47 Å². The molecule has 0 aliphatic rings. The number of hydrogen-bond acceptors (Lipinski definition) is 5. The van der Waals surface area contributed by atoms with Crippen LogP contribution in [0.1, 0.15) is 0 Å². The van der Waals surface area contributed by atoms with Crippen LogP contribution >= 0.6 is 39.3 Å². The van der Waals surface area contributed by atoms with Crippen LogP contribution in [0.25, 0.3) is 5.69 Å². The van der Waals surface area contributed by atoms with E-state index in [1.807, 2.05) is 30.3 Å². The van der Waals surface area contributed by atoms with E-state index >= 15 is 0 Å². The molecule has 0 aliphatic carbocycles. The van der Waals surface area contributed by atoms with E-state index in [2.05, 4.69) is 31.4 Å². The Morgan fingerprint density at radius 2 is 2.00 bits per heavy atom. The van der Waals surface area contributed by atoms with Gasteiger partial charge in [0.05, 0.1) is 22.2 Å². The van der Waals surface area contributed by atoms with Crippen LogP contribution in [0.5, 0.6) is 0 Å². The lowest BCUT2D eigenvalue weighted by molar-refractivity contribution is -0.113. The summed E-state index contributed by atoms with van der Waals surface area (Å²) >= 11 is 10.7. The fourth-order valence-electron chi connectivity index (χ4n) is 2.10. The van der Waals surface area contributed by atoms with Crippen LogP contribution in [0.4, 0.5) is 11.6 Å². The van der Waals surface area contributed by atoms with E-state index < -0.39 is 0 Å². The molecule has 0 saturated heterocycles. The van der Waals surface area contributed by atoms with Gasteiger partial charge in [0.25, 0.3) is 0 Å². The zero-order chi connectivity index (χ0) is 17.8. The Balaban J connectivity index is 1.69. The van der Waals surface area contributed by atoms with Crippen LogP contribution < -0.4 is 11.1 Å². The van der Waals surface area contributed by atoms with E-state index in [1.54, 1.807) is 22.8 Å². The number of thioether (sulfide) groups is 1. The monoisotopic (exact) mass is 437 g/mol. The number of nitrogen functional groups attached to an aromatic ring is 1. The molecule has 1 amide bonds. The van der Waals surface area contributed by atoms with Crippen molar-refractivity contribution in [2.24, 2.45) is 0 Å². The summed E-state index contributed by atoms with van der Waals surface area (Å²) in [6.45, 7) is 0. The number of benzene rings is 2. The zero-order valence-electron chi connectivity index (χ0n) is 12.8. The highest BCUT2D eigenvalue weighted by atomic mass is 79.9. The van der Waals surface area contributed by atoms with Crippen molar-refractivity contribution >= 4 is 56.8 Å². The van der Waals surface area contributed by atoms with E-state index in [0.29, 0.717) is 15.9 Å². The highest BCUT2D eigenvalue weighted by molar-refractivity contribution is 9.10. The summed E-state index contributed by atoms with van der Waals surface area (Å²) in [4.78, 5) is 12.2. The van der Waals surface area contributed by atoms with E-state index in [9.17, 15) is 4.79 Å². The number of carbonyl (C=O) groups is 1. The Kier molecular flexibility index (Phi) is 5.62. The zero-order valence-corrected chi connectivity index (χ0v) is 16.0. The number of amides is 1. The van der Waals surface area contributed by atoms with Crippen molar-refractivity contribution < 1.29 is 4.79 Å². The molecule has 0 atom stereocenters. The molecule has 128 valence electrons. The predicted molar refractivity (Wildman–Crippen MR) is 104 cm³/mol. The molecule has 1 aromatic heterocycles. The SMILES string of the molecule is Nc1nnc(SCC(=O)Nc2ccc(Br)cc2Cl)n1-c1ccccc1. The molecule has 0 bridgehead atoms. The molecule has 9 heteroatoms. The first-order chi connectivity index (χ1) is 12.0. The Hall–Kier alpha value is -2.03. The largest absolute Gasteiger partial charge is 0.368 e. The molecular weight excluding hydrogens is 426 g/mol. The van der Waals surface area contributed by atoms with Crippen LogP contribution in [0.3, 0.4) is 0 Å². The van der Waals surface area contributed by atoms with Crippen molar-refractivity contribution in [2.75, 3.05) is 16.8 Å². The minimum Gasteiger partial charge on any atom is -0.368 e. The van der Waals surface area contributed by atoms with Gasteiger partial charge < -0.3 is 11.1 Å². The first-order valence-electron chi connectivity index (χ1n) is 7.18. The summed E-state index contributed by atoms with van der Waals surface area (Å²) in [6, 6.07) is 14.7. The Morgan fingerprint density at radius 3 is 2.72 bits per heavy atom. The lowest BCUT2D eigenvalue weighted by Gasteiger charge is -2.09. The second kappa shape index (κ2) is 7.90. The molecule has 2 aromatic carbocycles. The summed E-state index contributed by atoms with van der Waals surface area (Å²) in [7, 11) is 0. The maximum atomic E-state index is 12.2. The van der Waals surface area contributed by atoms with Crippen molar-refractivity contribution in [2.45, 2.75) is 5.16 Å². The van der Waals surface area contributed by atoms with Gasteiger partial charge in [0.2, 0.25) is 11.9 Å². The van der Waals surface area contributed by atoms with E-state index in [-0.39, 0.29) is 17.6 Å². The van der Waals surface area contributed by atoms with E-state index in [4.69, 9.17) is 17.3 Å². The molecule has 3 N–H and O–H groups in total. The summed E-state index contributed by atoms with van der Waals surface area (Å²) in [5.41, 5.74) is 7.28. The molecule has 0 spiro atoms. The average molecular weight is 439 g/mol. The van der Waals surface area contributed by atoms with Crippen molar-refractivity contribution in [3.8, 4) is 5.69 Å². The number of anilines is 2. The number of nitrogens with zero attached hydrogens (tertiary/aromatic N) is 3. The second-order valence-corrected chi connectivity index (χ2v) is 7.24. The summed E-state index contributed by atoms with van der Waals surface area (Å²) in [5, 5.41) is 11.7. The second-order valence-electron chi connectivity index (χ2n) is 4.97. The number of para-hydroxylation sites is 1. The normalized spacial score (nSPS) is 10.6. The van der Waals surface area contributed by atoms with Gasteiger partial charge >= 0.3 is 0 Å². The molecule has 1 heterocycles. The fraction of sp³-hybridized carbons (Fsp3) is 0.0625. The van der Waals surface area contributed by atoms with Gasteiger partial charge in [-0.3, -0.25) is 9.36 Å². The first kappa shape index (κ1) is 17.8. The van der Waals surface area contributed by atoms with E-state index in [0.717, 1.165) is 10.2 Å². The fourth-order valence-corrected chi connectivity index (χ4v) is 3.58. The Labute approximate surface area is 161 Å². The Morgan fingerprint density at radius 1 is 1.24 bits per heavy atom. The van der Waals surface area contributed by atoms with Crippen LogP contribution in [-0.2, 0) is 4.79 Å². The first-order valence-corrected chi connectivity index (χ1v) is 9.34. The van der Waals surface area contributed by atoms with Gasteiger partial charge in [-0.05, 0) is 30.3 Å². The average Bonchev–Trinajstić information content (AvgIpc) is 2.97. The molecule has 6 nitrogen and oxygen atoms in total. The number of nitrogens with one attached hydrogen (secondary N) is 1. The molecule has 0 fully saturated rings. The maximum Gasteiger partial charge on any atom is 0.234 e. The molecule has 0 saturated carbocycles. The molecule has 0 aliphatic heterocycles. The quantitative estimate of drug-likeness (QED) is 0.588. The summed E-state index contributed by atoms with van der Waals surface area (Å²) in [6.07, 6.45) is 0. The lowest BCUT2D eigenvalue weighted by atomic mass is 10.3. The lowest BCUT2D eigenvalue weighted by Crippen LogP contribution is -2.15. The van der Waals surface area contributed by atoms with Crippen molar-refractivity contribution in [1.82, 2.24) is 14.8 Å². The third-order valence-corrected chi connectivity index (χ3v) is 4.95. The van der Waals surface area contributed by atoms with Crippen LogP contribution in [0.2, 0.25) is 5.02 Å². The molecule has 25 heavy (non-hydrogen) atoms. The van der Waals surface area contributed by atoms with Crippen molar-refractivity contribution in [3.63, 3.8) is 0 Å². The summed E-state index contributed by atoms with van der Waals surface area (Å²) in [5.74, 6) is 0.220. The highest BCUT2D eigenvalue weighted by Crippen LogP contribution is 2.27. The predicted octanol–water partition coefficient (Wildman–Crippen LogP) is 4.00. The van der Waals surface area contributed by atoms with Gasteiger partial charge in [-0.25, -0.2) is 0 Å². The molecule has 3 aromatic rings. The van der Waals surface area contributed by atoms with Crippen molar-refractivity contribution in [1.29, 1.82) is 0 Å². The third kappa shape index (κ3) is 4.33. The van der Waals surface area contributed by atoms with Gasteiger partial charge in [0.15, 0.2) is 5.16 Å². The topological polar surface area (TPSA) is 85.8 Å². The molecule has 0 unspecified atom stereocenters. The van der Waals surface area contributed by atoms with Gasteiger partial charge in [-0.2, -0.15) is 0 Å². The van der Waals surface area contributed by atoms with Crippen LogP contribution in [0, 0.1) is 0 Å². The van der Waals surface area contributed by atoms with Crippen LogP contribution in [0.15, 0.2) is 58.2 Å². The number of aromatic nitrogens is 3. The van der Waals surface area contributed by atoms with Gasteiger partial charge in [-0.15, -0.1) is 10.2 Å². The molecule has 3 rings (SSSR count). The summed E-state index contributed by atoms with van der Waals surface area (Å²) < 4.78 is 2.54. The number of hydrogen-bond donors (Lipinski definition) is 2. The van der Waals surface area contributed by atoms with E-state index in [1.165, 1.54) is 11.8 Å². The smallest absolute Gasteiger partial charge is 0.234 e. The Bertz CT molecular complexity index is 903. The van der Waals surface area contributed by atoms with Gasteiger partial charge in [-0.1, -0.05) is 57.5 Å². The maximum absolute atomic E-state index is 12.2. The number of nitrogens with two attached hydrogens (primary N) is 1. The molecule has 0 radical (unpaired) electrons. The van der Waals surface area contributed by atoms with Crippen molar-refractivity contribution in [3.05, 3.63) is 58.0 Å². The minimum atomic E-state index is -0.199. The van der Waals surface area contributed by atoms with Gasteiger partial charge in [0.1, 0.15) is 0 Å². The highest BCUT2D eigenvalue weighted by Gasteiger charge is 2.14. The third-order valence-electron chi connectivity index (χ3n) is 3.21. The number of halogens is 2.